The minimum Gasteiger partial charge on any atom is -0.467 e. The van der Waals surface area contributed by atoms with Crippen LogP contribution in [0.1, 0.15) is 37.5 Å². The molecule has 0 saturated heterocycles. The number of hydrogen-bond acceptors (Lipinski definition) is 5. The molecule has 6 nitrogen and oxygen atoms in total. The van der Waals surface area contributed by atoms with E-state index >= 15 is 0 Å². The molecule has 1 aliphatic heterocycles. The second-order valence-corrected chi connectivity index (χ2v) is 6.45. The molecule has 0 radical (unpaired) electrons. The van der Waals surface area contributed by atoms with Crippen LogP contribution in [-0.2, 0) is 27.2 Å². The fraction of sp³-hybridized carbons (Fsp3) is 0.471. The van der Waals surface area contributed by atoms with Gasteiger partial charge < -0.3 is 9.47 Å². The molecule has 1 amide bonds. The lowest BCUT2D eigenvalue weighted by Gasteiger charge is -2.36. The van der Waals surface area contributed by atoms with Crippen molar-refractivity contribution in [3.8, 4) is 6.07 Å². The summed E-state index contributed by atoms with van der Waals surface area (Å²) in [4.78, 5) is 25.9. The Labute approximate surface area is 135 Å². The number of amides is 1. The van der Waals surface area contributed by atoms with Crippen molar-refractivity contribution in [1.29, 1.82) is 5.26 Å². The molecule has 1 aromatic rings. The summed E-state index contributed by atoms with van der Waals surface area (Å²) in [5, 5.41) is 9.02. The highest BCUT2D eigenvalue weighted by atomic mass is 16.6. The lowest BCUT2D eigenvalue weighted by Crippen LogP contribution is -2.50. The van der Waals surface area contributed by atoms with Crippen molar-refractivity contribution in [2.45, 2.75) is 45.4 Å². The van der Waals surface area contributed by atoms with E-state index in [0.29, 0.717) is 12.0 Å². The first-order chi connectivity index (χ1) is 10.7. The molecule has 0 fully saturated rings. The predicted molar refractivity (Wildman–Crippen MR) is 82.4 cm³/mol. The first-order valence-corrected chi connectivity index (χ1v) is 7.34. The maximum atomic E-state index is 12.4. The molecule has 1 aliphatic rings. The molecular formula is C17H20N2O4. The first-order valence-electron chi connectivity index (χ1n) is 7.34. The fourth-order valence-electron chi connectivity index (χ4n) is 2.51. The number of ether oxygens (including phenoxy) is 2. The number of hydrogen-bond donors (Lipinski definition) is 0. The van der Waals surface area contributed by atoms with Crippen molar-refractivity contribution in [2.75, 3.05) is 7.11 Å². The highest BCUT2D eigenvalue weighted by Crippen LogP contribution is 2.26. The van der Waals surface area contributed by atoms with Crippen molar-refractivity contribution >= 4 is 12.1 Å². The Kier molecular flexibility index (Phi) is 4.60. The van der Waals surface area contributed by atoms with Crippen LogP contribution >= 0.6 is 0 Å². The van der Waals surface area contributed by atoms with Crippen LogP contribution in [0.2, 0.25) is 0 Å². The van der Waals surface area contributed by atoms with Crippen molar-refractivity contribution in [2.24, 2.45) is 0 Å². The van der Waals surface area contributed by atoms with Crippen LogP contribution in [0.25, 0.3) is 0 Å². The SMILES string of the molecule is COC(=O)[C@@H]1Cc2ccc(C#N)cc2CN1C(=O)OC(C)(C)C. The molecule has 1 aromatic carbocycles. The minimum absolute atomic E-state index is 0.208. The zero-order chi connectivity index (χ0) is 17.2. The third-order valence-corrected chi connectivity index (χ3v) is 3.57. The van der Waals surface area contributed by atoms with E-state index in [1.54, 1.807) is 32.9 Å². The first kappa shape index (κ1) is 16.8. The van der Waals surface area contributed by atoms with Crippen LogP contribution in [0.4, 0.5) is 4.79 Å². The Morgan fingerprint density at radius 1 is 1.30 bits per heavy atom. The van der Waals surface area contributed by atoms with Crippen LogP contribution < -0.4 is 0 Å². The Bertz CT molecular complexity index is 670. The van der Waals surface area contributed by atoms with Gasteiger partial charge in [0, 0.05) is 6.42 Å². The van der Waals surface area contributed by atoms with Crippen LogP contribution in [0.3, 0.4) is 0 Å². The predicted octanol–water partition coefficient (Wildman–Crippen LogP) is 2.39. The Morgan fingerprint density at radius 3 is 2.57 bits per heavy atom. The molecule has 0 aromatic heterocycles. The number of carbonyl (C=O) groups is 2. The molecule has 0 spiro atoms. The zero-order valence-electron chi connectivity index (χ0n) is 13.8. The second kappa shape index (κ2) is 6.29. The fourth-order valence-corrected chi connectivity index (χ4v) is 2.51. The van der Waals surface area contributed by atoms with E-state index < -0.39 is 23.7 Å². The van der Waals surface area contributed by atoms with E-state index in [-0.39, 0.29) is 6.54 Å². The summed E-state index contributed by atoms with van der Waals surface area (Å²) < 4.78 is 10.2. The van der Waals surface area contributed by atoms with E-state index in [0.717, 1.165) is 11.1 Å². The number of fused-ring (bicyclic) bond motifs is 1. The molecular weight excluding hydrogens is 296 g/mol. The van der Waals surface area contributed by atoms with Crippen LogP contribution in [-0.4, -0.2) is 35.7 Å². The number of carbonyl (C=O) groups excluding carboxylic acids is 2. The Morgan fingerprint density at radius 2 is 2.00 bits per heavy atom. The Balaban J connectivity index is 2.35. The van der Waals surface area contributed by atoms with Crippen molar-refractivity contribution < 1.29 is 19.1 Å². The van der Waals surface area contributed by atoms with Gasteiger partial charge in [-0.3, -0.25) is 4.90 Å². The number of nitrogens with zero attached hydrogens (tertiary/aromatic N) is 2. The Hall–Kier alpha value is -2.55. The summed E-state index contributed by atoms with van der Waals surface area (Å²) in [6, 6.07) is 6.61. The van der Waals surface area contributed by atoms with Gasteiger partial charge in [-0.25, -0.2) is 9.59 Å². The van der Waals surface area contributed by atoms with E-state index in [2.05, 4.69) is 6.07 Å². The van der Waals surface area contributed by atoms with Crippen LogP contribution in [0.5, 0.6) is 0 Å². The topological polar surface area (TPSA) is 79.6 Å². The molecule has 0 saturated carbocycles. The summed E-state index contributed by atoms with van der Waals surface area (Å²) >= 11 is 0. The van der Waals surface area contributed by atoms with Crippen LogP contribution in [0, 0.1) is 11.3 Å². The molecule has 0 bridgehead atoms. The zero-order valence-corrected chi connectivity index (χ0v) is 13.8. The van der Waals surface area contributed by atoms with Crippen molar-refractivity contribution in [3.05, 3.63) is 34.9 Å². The van der Waals surface area contributed by atoms with Gasteiger partial charge in [0.05, 0.1) is 25.3 Å². The van der Waals surface area contributed by atoms with Gasteiger partial charge in [0.25, 0.3) is 0 Å². The monoisotopic (exact) mass is 316 g/mol. The minimum atomic E-state index is -0.727. The van der Waals surface area contributed by atoms with Crippen molar-refractivity contribution in [3.63, 3.8) is 0 Å². The smallest absolute Gasteiger partial charge is 0.411 e. The molecule has 23 heavy (non-hydrogen) atoms. The van der Waals surface area contributed by atoms with Crippen molar-refractivity contribution in [1.82, 2.24) is 4.90 Å². The summed E-state index contributed by atoms with van der Waals surface area (Å²) in [5.41, 5.74) is 1.63. The van der Waals surface area contributed by atoms with Gasteiger partial charge in [0.15, 0.2) is 0 Å². The molecule has 6 heteroatoms. The average Bonchev–Trinajstić information content (AvgIpc) is 2.50. The quantitative estimate of drug-likeness (QED) is 0.743. The van der Waals surface area contributed by atoms with Gasteiger partial charge >= 0.3 is 12.1 Å². The maximum absolute atomic E-state index is 12.4. The third kappa shape index (κ3) is 3.81. The van der Waals surface area contributed by atoms with Gasteiger partial charge in [0.1, 0.15) is 11.6 Å². The lowest BCUT2D eigenvalue weighted by molar-refractivity contribution is -0.147. The van der Waals surface area contributed by atoms with Gasteiger partial charge in [-0.05, 0) is 44.0 Å². The number of methoxy groups -OCH3 is 1. The van der Waals surface area contributed by atoms with Gasteiger partial charge in [-0.2, -0.15) is 5.26 Å². The molecule has 0 aliphatic carbocycles. The molecule has 1 heterocycles. The van der Waals surface area contributed by atoms with E-state index in [1.165, 1.54) is 12.0 Å². The van der Waals surface area contributed by atoms with Gasteiger partial charge in [-0.1, -0.05) is 6.07 Å². The third-order valence-electron chi connectivity index (χ3n) is 3.57. The summed E-state index contributed by atoms with van der Waals surface area (Å²) in [7, 11) is 1.30. The largest absolute Gasteiger partial charge is 0.467 e. The highest BCUT2D eigenvalue weighted by molar-refractivity contribution is 5.82. The summed E-state index contributed by atoms with van der Waals surface area (Å²) in [6.07, 6.45) is -0.228. The van der Waals surface area contributed by atoms with Gasteiger partial charge in [0.2, 0.25) is 0 Å². The summed E-state index contributed by atoms with van der Waals surface area (Å²) in [5.74, 6) is -0.481. The number of rotatable bonds is 1. The standard InChI is InChI=1S/C17H20N2O4/c1-17(2,3)23-16(21)19-10-13-7-11(9-18)5-6-12(13)8-14(19)15(20)22-4/h5-7,14H,8,10H2,1-4H3/t14-/m0/s1. The van der Waals surface area contributed by atoms with Crippen LogP contribution in [0.15, 0.2) is 18.2 Å². The molecule has 122 valence electrons. The number of nitriles is 1. The molecule has 0 unspecified atom stereocenters. The average molecular weight is 316 g/mol. The molecule has 2 rings (SSSR count). The van der Waals surface area contributed by atoms with E-state index in [9.17, 15) is 9.59 Å². The normalized spacial score (nSPS) is 17.0. The number of benzene rings is 1. The summed E-state index contributed by atoms with van der Waals surface area (Å²) in [6.45, 7) is 5.51. The van der Waals surface area contributed by atoms with E-state index in [4.69, 9.17) is 14.7 Å². The number of esters is 1. The maximum Gasteiger partial charge on any atom is 0.411 e. The highest BCUT2D eigenvalue weighted by Gasteiger charge is 2.37. The second-order valence-electron chi connectivity index (χ2n) is 6.45. The lowest BCUT2D eigenvalue weighted by atomic mass is 9.93. The molecule has 1 atom stereocenters. The van der Waals surface area contributed by atoms with E-state index in [1.807, 2.05) is 6.07 Å². The van der Waals surface area contributed by atoms with Gasteiger partial charge in [-0.15, -0.1) is 0 Å². The molecule has 0 N–H and O–H groups in total.